The second kappa shape index (κ2) is 7.97. The zero-order chi connectivity index (χ0) is 16.9. The summed E-state index contributed by atoms with van der Waals surface area (Å²) in [5.74, 6) is 1.89. The number of hydrogen-bond acceptors (Lipinski definition) is 4. The van der Waals surface area contributed by atoms with Crippen molar-refractivity contribution in [3.63, 3.8) is 0 Å². The normalized spacial score (nSPS) is 22.3. The summed E-state index contributed by atoms with van der Waals surface area (Å²) < 4.78 is 0. The van der Waals surface area contributed by atoms with Crippen LogP contribution in [0.25, 0.3) is 0 Å². The van der Waals surface area contributed by atoms with E-state index in [1.54, 1.807) is 12.4 Å². The van der Waals surface area contributed by atoms with Crippen LogP contribution >= 0.6 is 0 Å². The first kappa shape index (κ1) is 17.2. The summed E-state index contributed by atoms with van der Waals surface area (Å²) >= 11 is 0. The van der Waals surface area contributed by atoms with Gasteiger partial charge in [-0.05, 0) is 76.7 Å². The van der Waals surface area contributed by atoms with E-state index in [-0.39, 0.29) is 11.9 Å². The van der Waals surface area contributed by atoms with E-state index in [4.69, 9.17) is 0 Å². The summed E-state index contributed by atoms with van der Waals surface area (Å²) in [4.78, 5) is 21.2. The molecule has 132 valence electrons. The van der Waals surface area contributed by atoms with Crippen LogP contribution < -0.4 is 5.32 Å². The maximum atomic E-state index is 12.7. The predicted octanol–water partition coefficient (Wildman–Crippen LogP) is 2.46. The number of rotatable bonds is 4. The number of carbonyl (C=O) groups is 1. The van der Waals surface area contributed by atoms with E-state index in [9.17, 15) is 4.79 Å². The van der Waals surface area contributed by atoms with E-state index in [1.807, 2.05) is 24.0 Å². The molecule has 0 aromatic carbocycles. The van der Waals surface area contributed by atoms with Crippen molar-refractivity contribution in [2.24, 2.45) is 11.8 Å². The molecule has 0 spiro atoms. The molecule has 5 nitrogen and oxygen atoms in total. The monoisotopic (exact) mass is 330 g/mol. The lowest BCUT2D eigenvalue weighted by Gasteiger charge is -2.40. The van der Waals surface area contributed by atoms with Crippen LogP contribution in [-0.4, -0.2) is 60.0 Å². The first-order valence-electron chi connectivity index (χ1n) is 9.27. The minimum Gasteiger partial charge on any atom is -0.374 e. The van der Waals surface area contributed by atoms with Crippen LogP contribution in [0.5, 0.6) is 0 Å². The van der Waals surface area contributed by atoms with Gasteiger partial charge in [0.15, 0.2) is 0 Å². The summed E-state index contributed by atoms with van der Waals surface area (Å²) in [5, 5.41) is 3.28. The van der Waals surface area contributed by atoms with E-state index in [1.165, 1.54) is 38.8 Å². The number of nitrogens with zero attached hydrogens (tertiary/aromatic N) is 3. The molecule has 2 saturated heterocycles. The molecule has 1 aromatic heterocycles. The molecular formula is C19H30N4O. The fraction of sp³-hybridized carbons (Fsp3) is 0.684. The first-order valence-corrected chi connectivity index (χ1v) is 9.27. The zero-order valence-corrected chi connectivity index (χ0v) is 14.9. The molecular weight excluding hydrogens is 300 g/mol. The molecule has 1 amide bonds. The van der Waals surface area contributed by atoms with Crippen molar-refractivity contribution in [1.29, 1.82) is 0 Å². The number of aromatic nitrogens is 1. The van der Waals surface area contributed by atoms with Crippen LogP contribution in [0, 0.1) is 11.8 Å². The summed E-state index contributed by atoms with van der Waals surface area (Å²) in [7, 11) is 2.22. The van der Waals surface area contributed by atoms with Gasteiger partial charge >= 0.3 is 0 Å². The predicted molar refractivity (Wildman–Crippen MR) is 96.8 cm³/mol. The van der Waals surface area contributed by atoms with E-state index < -0.39 is 0 Å². The fourth-order valence-corrected chi connectivity index (χ4v) is 4.12. The SMILES string of the molecule is C[C@@H](Nc1ccncc1)C(=O)N1CCC(C2CCN(C)CC2)CC1. The number of nitrogens with one attached hydrogen (secondary N) is 1. The zero-order valence-electron chi connectivity index (χ0n) is 14.9. The number of hydrogen-bond donors (Lipinski definition) is 1. The van der Waals surface area contributed by atoms with Crippen molar-refractivity contribution in [1.82, 2.24) is 14.8 Å². The third-order valence-electron chi connectivity index (χ3n) is 5.72. The van der Waals surface area contributed by atoms with E-state index >= 15 is 0 Å². The van der Waals surface area contributed by atoms with Gasteiger partial charge < -0.3 is 15.1 Å². The molecule has 2 fully saturated rings. The molecule has 0 saturated carbocycles. The van der Waals surface area contributed by atoms with Crippen LogP contribution in [0.15, 0.2) is 24.5 Å². The van der Waals surface area contributed by atoms with E-state index in [0.717, 1.165) is 30.6 Å². The molecule has 1 atom stereocenters. The molecule has 3 heterocycles. The maximum Gasteiger partial charge on any atom is 0.244 e. The average Bonchev–Trinajstić information content (AvgIpc) is 2.63. The minimum absolute atomic E-state index is 0.188. The van der Waals surface area contributed by atoms with Gasteiger partial charge in [-0.25, -0.2) is 0 Å². The summed E-state index contributed by atoms with van der Waals surface area (Å²) in [6.45, 7) is 6.25. The molecule has 5 heteroatoms. The van der Waals surface area contributed by atoms with Crippen molar-refractivity contribution in [2.45, 2.75) is 38.6 Å². The second-order valence-corrected chi connectivity index (χ2v) is 7.41. The Morgan fingerprint density at radius 2 is 1.62 bits per heavy atom. The molecule has 0 bridgehead atoms. The van der Waals surface area contributed by atoms with Crippen LogP contribution in [-0.2, 0) is 4.79 Å². The molecule has 1 aromatic rings. The Labute approximate surface area is 145 Å². The Balaban J connectivity index is 1.46. The standard InChI is InChI=1S/C19H30N4O/c1-15(21-18-3-9-20-10-4-18)19(24)23-13-7-17(8-14-23)16-5-11-22(2)12-6-16/h3-4,9-10,15-17H,5-8,11-14H2,1-2H3,(H,20,21)/t15-/m1/s1. The quantitative estimate of drug-likeness (QED) is 0.921. The molecule has 3 rings (SSSR count). The second-order valence-electron chi connectivity index (χ2n) is 7.41. The largest absolute Gasteiger partial charge is 0.374 e. The third-order valence-corrected chi connectivity index (χ3v) is 5.72. The molecule has 0 radical (unpaired) electrons. The van der Waals surface area contributed by atoms with Gasteiger partial charge in [-0.3, -0.25) is 9.78 Å². The highest BCUT2D eigenvalue weighted by Crippen LogP contribution is 2.32. The third kappa shape index (κ3) is 4.26. The van der Waals surface area contributed by atoms with Crippen molar-refractivity contribution in [3.8, 4) is 0 Å². The number of carbonyl (C=O) groups excluding carboxylic acids is 1. The lowest BCUT2D eigenvalue weighted by molar-refractivity contribution is -0.133. The van der Waals surface area contributed by atoms with Gasteiger partial charge in [-0.1, -0.05) is 0 Å². The number of likely N-dealkylation sites (tertiary alicyclic amines) is 2. The van der Waals surface area contributed by atoms with Crippen LogP contribution in [0.4, 0.5) is 5.69 Å². The summed E-state index contributed by atoms with van der Waals surface area (Å²) in [6.07, 6.45) is 8.48. The Kier molecular flexibility index (Phi) is 5.72. The van der Waals surface area contributed by atoms with E-state index in [0.29, 0.717) is 0 Å². The molecule has 1 N–H and O–H groups in total. The van der Waals surface area contributed by atoms with Crippen molar-refractivity contribution < 1.29 is 4.79 Å². The minimum atomic E-state index is -0.188. The number of pyridine rings is 1. The number of piperidine rings is 2. The van der Waals surface area contributed by atoms with Gasteiger partial charge in [0.1, 0.15) is 6.04 Å². The van der Waals surface area contributed by atoms with Gasteiger partial charge in [0, 0.05) is 31.2 Å². The van der Waals surface area contributed by atoms with Crippen molar-refractivity contribution in [3.05, 3.63) is 24.5 Å². The fourth-order valence-electron chi connectivity index (χ4n) is 4.12. The summed E-state index contributed by atoms with van der Waals surface area (Å²) in [5.41, 5.74) is 0.951. The van der Waals surface area contributed by atoms with Crippen LogP contribution in [0.3, 0.4) is 0 Å². The van der Waals surface area contributed by atoms with Crippen LogP contribution in [0.1, 0.15) is 32.6 Å². The summed E-state index contributed by atoms with van der Waals surface area (Å²) in [6, 6.07) is 3.61. The van der Waals surface area contributed by atoms with Gasteiger partial charge in [-0.15, -0.1) is 0 Å². The smallest absolute Gasteiger partial charge is 0.244 e. The molecule has 0 aliphatic carbocycles. The first-order chi connectivity index (χ1) is 11.6. The van der Waals surface area contributed by atoms with Gasteiger partial charge in [0.2, 0.25) is 5.91 Å². The van der Waals surface area contributed by atoms with Gasteiger partial charge in [0.25, 0.3) is 0 Å². The maximum absolute atomic E-state index is 12.7. The Hall–Kier alpha value is -1.62. The van der Waals surface area contributed by atoms with Gasteiger partial charge in [0.05, 0.1) is 0 Å². The van der Waals surface area contributed by atoms with Crippen LogP contribution in [0.2, 0.25) is 0 Å². The molecule has 2 aliphatic heterocycles. The topological polar surface area (TPSA) is 48.5 Å². The van der Waals surface area contributed by atoms with Crippen molar-refractivity contribution in [2.75, 3.05) is 38.5 Å². The molecule has 2 aliphatic rings. The highest BCUT2D eigenvalue weighted by Gasteiger charge is 2.31. The Morgan fingerprint density at radius 3 is 2.21 bits per heavy atom. The molecule has 0 unspecified atom stereocenters. The highest BCUT2D eigenvalue weighted by molar-refractivity contribution is 5.84. The lowest BCUT2D eigenvalue weighted by Crippen LogP contribution is -2.47. The average molecular weight is 330 g/mol. The Bertz CT molecular complexity index is 519. The van der Waals surface area contributed by atoms with E-state index in [2.05, 4.69) is 22.2 Å². The van der Waals surface area contributed by atoms with Crippen molar-refractivity contribution >= 4 is 11.6 Å². The number of anilines is 1. The molecule has 24 heavy (non-hydrogen) atoms. The van der Waals surface area contributed by atoms with Gasteiger partial charge in [-0.2, -0.15) is 0 Å². The Morgan fingerprint density at radius 1 is 1.08 bits per heavy atom. The highest BCUT2D eigenvalue weighted by atomic mass is 16.2. The number of amides is 1. The lowest BCUT2D eigenvalue weighted by atomic mass is 9.79.